The summed E-state index contributed by atoms with van der Waals surface area (Å²) in [5.74, 6) is 5.65. The Kier molecular flexibility index (Phi) is 5.60. The molecule has 4 nitrogen and oxygen atoms in total. The van der Waals surface area contributed by atoms with Gasteiger partial charge in [-0.1, -0.05) is 65.9 Å². The fourth-order valence-corrected chi connectivity index (χ4v) is 3.59. The maximum atomic E-state index is 12.6. The summed E-state index contributed by atoms with van der Waals surface area (Å²) in [5.41, 5.74) is 2.44. The van der Waals surface area contributed by atoms with Gasteiger partial charge in [0.15, 0.2) is 0 Å². The zero-order valence-electron chi connectivity index (χ0n) is 14.8. The first-order valence-electron chi connectivity index (χ1n) is 8.39. The Labute approximate surface area is 159 Å². The number of anilines is 1. The van der Waals surface area contributed by atoms with E-state index in [9.17, 15) is 13.5 Å². The van der Waals surface area contributed by atoms with Gasteiger partial charge in [0.2, 0.25) is 0 Å². The third-order valence-corrected chi connectivity index (χ3v) is 5.34. The molecule has 0 saturated carbocycles. The van der Waals surface area contributed by atoms with E-state index in [4.69, 9.17) is 0 Å². The maximum absolute atomic E-state index is 12.6. The molecule has 0 spiro atoms. The van der Waals surface area contributed by atoms with Crippen LogP contribution in [0.1, 0.15) is 22.8 Å². The topological polar surface area (TPSA) is 66.4 Å². The van der Waals surface area contributed by atoms with Crippen LogP contribution in [0.3, 0.4) is 0 Å². The third kappa shape index (κ3) is 4.76. The Hall–Kier alpha value is -3.07. The molecular weight excluding hydrogens is 358 g/mol. The average Bonchev–Trinajstić information content (AvgIpc) is 2.67. The summed E-state index contributed by atoms with van der Waals surface area (Å²) in [7, 11) is -3.76. The summed E-state index contributed by atoms with van der Waals surface area (Å²) in [6.45, 7) is 1.89. The van der Waals surface area contributed by atoms with Crippen LogP contribution in [-0.4, -0.2) is 13.5 Å². The van der Waals surface area contributed by atoms with E-state index in [0.717, 1.165) is 11.1 Å². The zero-order chi connectivity index (χ0) is 19.3. The van der Waals surface area contributed by atoms with E-state index >= 15 is 0 Å². The number of aliphatic hydroxyl groups excluding tert-OH is 1. The molecule has 0 aliphatic heterocycles. The molecule has 1 unspecified atom stereocenters. The van der Waals surface area contributed by atoms with Crippen molar-refractivity contribution in [3.8, 4) is 11.8 Å². The van der Waals surface area contributed by atoms with Crippen LogP contribution < -0.4 is 4.72 Å². The lowest BCUT2D eigenvalue weighted by molar-refractivity contribution is 0.239. The van der Waals surface area contributed by atoms with E-state index in [1.807, 2.05) is 37.3 Å². The summed E-state index contributed by atoms with van der Waals surface area (Å²) in [4.78, 5) is 0.160. The van der Waals surface area contributed by atoms with E-state index in [0.29, 0.717) is 11.3 Å². The van der Waals surface area contributed by atoms with Crippen LogP contribution in [0.15, 0.2) is 83.8 Å². The molecule has 3 aromatic carbocycles. The van der Waals surface area contributed by atoms with Gasteiger partial charge in [-0.2, -0.15) is 0 Å². The van der Waals surface area contributed by atoms with Crippen molar-refractivity contribution in [3.63, 3.8) is 0 Å². The van der Waals surface area contributed by atoms with Gasteiger partial charge in [0.05, 0.1) is 10.6 Å². The van der Waals surface area contributed by atoms with Gasteiger partial charge in [0.1, 0.15) is 6.10 Å². The molecule has 5 heteroatoms. The van der Waals surface area contributed by atoms with Crippen LogP contribution in [0.25, 0.3) is 0 Å². The van der Waals surface area contributed by atoms with Crippen molar-refractivity contribution in [1.82, 2.24) is 0 Å². The van der Waals surface area contributed by atoms with Crippen LogP contribution >= 0.6 is 0 Å². The molecule has 0 aliphatic rings. The van der Waals surface area contributed by atoms with Crippen LogP contribution in [0.4, 0.5) is 5.69 Å². The Bertz CT molecular complexity index is 1080. The lowest BCUT2D eigenvalue weighted by atomic mass is 10.1. The van der Waals surface area contributed by atoms with Gasteiger partial charge in [0.25, 0.3) is 10.0 Å². The number of sulfonamides is 1. The predicted molar refractivity (Wildman–Crippen MR) is 107 cm³/mol. The molecule has 0 amide bonds. The molecule has 0 aliphatic carbocycles. The number of hydrogen-bond acceptors (Lipinski definition) is 3. The van der Waals surface area contributed by atoms with E-state index in [-0.39, 0.29) is 4.90 Å². The summed E-state index contributed by atoms with van der Waals surface area (Å²) in [6, 6.07) is 22.5. The molecule has 0 aromatic heterocycles. The molecule has 0 saturated heterocycles. The monoisotopic (exact) mass is 377 g/mol. The Morgan fingerprint density at radius 1 is 0.889 bits per heavy atom. The van der Waals surface area contributed by atoms with Crippen molar-refractivity contribution in [3.05, 3.63) is 95.6 Å². The van der Waals surface area contributed by atoms with Crippen molar-refractivity contribution < 1.29 is 13.5 Å². The van der Waals surface area contributed by atoms with Gasteiger partial charge in [-0.05, 0) is 37.3 Å². The number of aliphatic hydroxyl groups is 1. The van der Waals surface area contributed by atoms with E-state index in [2.05, 4.69) is 16.6 Å². The number of benzene rings is 3. The zero-order valence-corrected chi connectivity index (χ0v) is 15.6. The number of nitrogens with one attached hydrogen (secondary N) is 1. The molecule has 0 radical (unpaired) electrons. The SMILES string of the molecule is Cc1ccc(S(=O)(=O)Nc2ccccc2C(O)C#Cc2ccccc2)cc1. The summed E-state index contributed by atoms with van der Waals surface area (Å²) in [5, 5.41) is 10.5. The molecule has 2 N–H and O–H groups in total. The Morgan fingerprint density at radius 2 is 1.52 bits per heavy atom. The summed E-state index contributed by atoms with van der Waals surface area (Å²) < 4.78 is 27.8. The van der Waals surface area contributed by atoms with Crippen LogP contribution in [0.2, 0.25) is 0 Å². The first-order valence-corrected chi connectivity index (χ1v) is 9.87. The summed E-state index contributed by atoms with van der Waals surface area (Å²) in [6.07, 6.45) is -1.12. The number of rotatable bonds is 4. The van der Waals surface area contributed by atoms with Crippen molar-refractivity contribution in [2.75, 3.05) is 4.72 Å². The van der Waals surface area contributed by atoms with Crippen molar-refractivity contribution >= 4 is 15.7 Å². The lowest BCUT2D eigenvalue weighted by Crippen LogP contribution is -2.15. The fourth-order valence-electron chi connectivity index (χ4n) is 2.50. The Morgan fingerprint density at radius 3 is 2.22 bits per heavy atom. The van der Waals surface area contributed by atoms with Gasteiger partial charge < -0.3 is 5.11 Å². The number of para-hydroxylation sites is 1. The minimum Gasteiger partial charge on any atom is -0.376 e. The van der Waals surface area contributed by atoms with E-state index < -0.39 is 16.1 Å². The second kappa shape index (κ2) is 8.09. The maximum Gasteiger partial charge on any atom is 0.261 e. The van der Waals surface area contributed by atoms with Gasteiger partial charge in [-0.25, -0.2) is 8.42 Å². The van der Waals surface area contributed by atoms with Crippen molar-refractivity contribution in [2.45, 2.75) is 17.9 Å². The van der Waals surface area contributed by atoms with Crippen molar-refractivity contribution in [1.29, 1.82) is 0 Å². The van der Waals surface area contributed by atoms with Crippen molar-refractivity contribution in [2.24, 2.45) is 0 Å². The highest BCUT2D eigenvalue weighted by molar-refractivity contribution is 7.92. The second-order valence-electron chi connectivity index (χ2n) is 6.04. The predicted octanol–water partition coefficient (Wildman–Crippen LogP) is 3.88. The Balaban J connectivity index is 1.88. The highest BCUT2D eigenvalue weighted by Gasteiger charge is 2.17. The molecule has 0 fully saturated rings. The van der Waals surface area contributed by atoms with Gasteiger partial charge in [-0.3, -0.25) is 4.72 Å². The molecule has 1 atom stereocenters. The van der Waals surface area contributed by atoms with Gasteiger partial charge in [-0.15, -0.1) is 0 Å². The minimum absolute atomic E-state index is 0.160. The normalized spacial score (nSPS) is 11.9. The molecule has 3 rings (SSSR count). The van der Waals surface area contributed by atoms with Crippen LogP contribution in [-0.2, 0) is 10.0 Å². The quantitative estimate of drug-likeness (QED) is 0.678. The molecule has 0 heterocycles. The third-order valence-electron chi connectivity index (χ3n) is 3.96. The first-order chi connectivity index (χ1) is 13.0. The molecule has 3 aromatic rings. The second-order valence-corrected chi connectivity index (χ2v) is 7.73. The number of hydrogen-bond donors (Lipinski definition) is 2. The van der Waals surface area contributed by atoms with Crippen LogP contribution in [0.5, 0.6) is 0 Å². The molecular formula is C22H19NO3S. The highest BCUT2D eigenvalue weighted by Crippen LogP contribution is 2.25. The first kappa shape index (κ1) is 18.7. The van der Waals surface area contributed by atoms with Crippen LogP contribution in [0, 0.1) is 18.8 Å². The standard InChI is InChI=1S/C22H19NO3S/c1-17-11-14-19(15-12-17)27(25,26)23-21-10-6-5-9-20(21)22(24)16-13-18-7-3-2-4-8-18/h2-12,14-15,22-24H,1H3. The van der Waals surface area contributed by atoms with E-state index in [1.54, 1.807) is 48.5 Å². The fraction of sp³-hybridized carbons (Fsp3) is 0.0909. The molecule has 0 bridgehead atoms. The van der Waals surface area contributed by atoms with E-state index in [1.165, 1.54) is 0 Å². The molecule has 136 valence electrons. The average molecular weight is 377 g/mol. The van der Waals surface area contributed by atoms with Gasteiger partial charge in [0, 0.05) is 11.1 Å². The minimum atomic E-state index is -3.76. The summed E-state index contributed by atoms with van der Waals surface area (Å²) >= 11 is 0. The van der Waals surface area contributed by atoms with Gasteiger partial charge >= 0.3 is 0 Å². The number of aryl methyl sites for hydroxylation is 1. The lowest BCUT2D eigenvalue weighted by Gasteiger charge is -2.14. The molecule has 27 heavy (non-hydrogen) atoms. The highest BCUT2D eigenvalue weighted by atomic mass is 32.2. The smallest absolute Gasteiger partial charge is 0.261 e. The largest absolute Gasteiger partial charge is 0.376 e.